The van der Waals surface area contributed by atoms with Crippen LogP contribution in [0.3, 0.4) is 0 Å². The zero-order valence-corrected chi connectivity index (χ0v) is 12.2. The van der Waals surface area contributed by atoms with Gasteiger partial charge in [0.15, 0.2) is 11.5 Å². The minimum absolute atomic E-state index is 0.122. The summed E-state index contributed by atoms with van der Waals surface area (Å²) < 4.78 is 16.4. The highest BCUT2D eigenvalue weighted by molar-refractivity contribution is 5.75. The van der Waals surface area contributed by atoms with Crippen molar-refractivity contribution in [2.24, 2.45) is 0 Å². The number of benzene rings is 1. The van der Waals surface area contributed by atoms with Gasteiger partial charge < -0.3 is 19.5 Å². The fraction of sp³-hybridized carbons (Fsp3) is 0.533. The van der Waals surface area contributed by atoms with Crippen molar-refractivity contribution in [3.8, 4) is 11.5 Å². The predicted molar refractivity (Wildman–Crippen MR) is 76.4 cm³/mol. The molecular weight excluding hydrogens is 258 g/mol. The van der Waals surface area contributed by atoms with Crippen molar-refractivity contribution >= 4 is 11.7 Å². The first-order valence-electron chi connectivity index (χ1n) is 6.79. The molecule has 0 saturated carbocycles. The van der Waals surface area contributed by atoms with E-state index in [-0.39, 0.29) is 12.5 Å². The van der Waals surface area contributed by atoms with Crippen molar-refractivity contribution in [1.29, 1.82) is 0 Å². The van der Waals surface area contributed by atoms with Crippen molar-refractivity contribution < 1.29 is 19.0 Å². The molecular formula is C15H21NO4. The molecule has 1 N–H and O–H groups in total. The van der Waals surface area contributed by atoms with Crippen molar-refractivity contribution in [1.82, 2.24) is 0 Å². The minimum atomic E-state index is -0.469. The molecule has 0 saturated heterocycles. The van der Waals surface area contributed by atoms with Gasteiger partial charge in [0.25, 0.3) is 0 Å². The van der Waals surface area contributed by atoms with Crippen LogP contribution in [0, 0.1) is 0 Å². The molecule has 2 rings (SSSR count). The lowest BCUT2D eigenvalue weighted by atomic mass is 10.2. The largest absolute Gasteiger partial charge is 0.490 e. The number of hydrogen-bond acceptors (Lipinski definition) is 5. The summed E-state index contributed by atoms with van der Waals surface area (Å²) in [6, 6.07) is 5.54. The minimum Gasteiger partial charge on any atom is -0.490 e. The molecule has 5 heteroatoms. The molecule has 0 aliphatic carbocycles. The molecule has 1 aromatic carbocycles. The van der Waals surface area contributed by atoms with Gasteiger partial charge in [0.2, 0.25) is 0 Å². The smallest absolute Gasteiger partial charge is 0.325 e. The highest BCUT2D eigenvalue weighted by Gasteiger charge is 2.16. The molecule has 1 heterocycles. The summed E-state index contributed by atoms with van der Waals surface area (Å²) >= 11 is 0. The summed E-state index contributed by atoms with van der Waals surface area (Å²) in [5.41, 5.74) is 0.337. The summed E-state index contributed by atoms with van der Waals surface area (Å²) in [5, 5.41) is 3.03. The first kappa shape index (κ1) is 14.5. The number of rotatable bonds is 3. The molecule has 0 fully saturated rings. The van der Waals surface area contributed by atoms with Crippen molar-refractivity contribution in [3.63, 3.8) is 0 Å². The van der Waals surface area contributed by atoms with Crippen LogP contribution in [0.5, 0.6) is 11.5 Å². The second-order valence-electron chi connectivity index (χ2n) is 5.65. The van der Waals surface area contributed by atoms with E-state index in [0.717, 1.165) is 17.9 Å². The number of carbonyl (C=O) groups is 1. The zero-order valence-electron chi connectivity index (χ0n) is 12.2. The number of nitrogens with one attached hydrogen (secondary N) is 1. The van der Waals surface area contributed by atoms with Crippen LogP contribution in [0.15, 0.2) is 18.2 Å². The number of anilines is 1. The van der Waals surface area contributed by atoms with Gasteiger partial charge in [-0.25, -0.2) is 0 Å². The van der Waals surface area contributed by atoms with Gasteiger partial charge in [0.1, 0.15) is 12.1 Å². The standard InChI is InChI=1S/C15H21NO4/c1-15(2,3)20-14(17)10-16-11-5-6-12-13(9-11)19-8-4-7-18-12/h5-6,9,16H,4,7-8,10H2,1-3H3. The number of fused-ring (bicyclic) bond motifs is 1. The lowest BCUT2D eigenvalue weighted by Crippen LogP contribution is -2.28. The normalized spacial score (nSPS) is 14.3. The Balaban J connectivity index is 1.94. The maximum atomic E-state index is 11.6. The summed E-state index contributed by atoms with van der Waals surface area (Å²) in [6.45, 7) is 6.96. The second kappa shape index (κ2) is 6.03. The molecule has 20 heavy (non-hydrogen) atoms. The molecule has 1 aliphatic rings. The molecule has 5 nitrogen and oxygen atoms in total. The molecule has 1 aromatic rings. The van der Waals surface area contributed by atoms with Crippen molar-refractivity contribution in [2.45, 2.75) is 32.8 Å². The molecule has 0 atom stereocenters. The monoisotopic (exact) mass is 279 g/mol. The first-order chi connectivity index (χ1) is 9.44. The predicted octanol–water partition coefficient (Wildman–Crippen LogP) is 2.60. The van der Waals surface area contributed by atoms with Crippen LogP contribution in [-0.2, 0) is 9.53 Å². The molecule has 0 radical (unpaired) electrons. The van der Waals surface area contributed by atoms with Crippen LogP contribution in [0.1, 0.15) is 27.2 Å². The Bertz CT molecular complexity index is 479. The molecule has 0 spiro atoms. The van der Waals surface area contributed by atoms with E-state index >= 15 is 0 Å². The van der Waals surface area contributed by atoms with Crippen LogP contribution in [-0.4, -0.2) is 31.3 Å². The average molecular weight is 279 g/mol. The quantitative estimate of drug-likeness (QED) is 0.862. The number of ether oxygens (including phenoxy) is 3. The lowest BCUT2D eigenvalue weighted by molar-refractivity contribution is -0.152. The van der Waals surface area contributed by atoms with Gasteiger partial charge in [0, 0.05) is 18.2 Å². The highest BCUT2D eigenvalue weighted by atomic mass is 16.6. The van der Waals surface area contributed by atoms with Gasteiger partial charge >= 0.3 is 5.97 Å². The number of esters is 1. The maximum absolute atomic E-state index is 11.6. The maximum Gasteiger partial charge on any atom is 0.325 e. The summed E-state index contributed by atoms with van der Waals surface area (Å²) in [5.74, 6) is 1.16. The fourth-order valence-electron chi connectivity index (χ4n) is 1.83. The molecule has 0 amide bonds. The van der Waals surface area contributed by atoms with E-state index in [1.165, 1.54) is 0 Å². The Labute approximate surface area is 119 Å². The summed E-state index contributed by atoms with van der Waals surface area (Å²) in [4.78, 5) is 11.6. The van der Waals surface area contributed by atoms with Gasteiger partial charge in [-0.2, -0.15) is 0 Å². The van der Waals surface area contributed by atoms with E-state index in [9.17, 15) is 4.79 Å². The molecule has 0 unspecified atom stereocenters. The SMILES string of the molecule is CC(C)(C)OC(=O)CNc1ccc2c(c1)OCCCO2. The van der Waals surface area contributed by atoms with Crippen molar-refractivity contribution in [3.05, 3.63) is 18.2 Å². The first-order valence-corrected chi connectivity index (χ1v) is 6.79. The van der Waals surface area contributed by atoms with Crippen LogP contribution < -0.4 is 14.8 Å². The van der Waals surface area contributed by atoms with E-state index in [4.69, 9.17) is 14.2 Å². The van der Waals surface area contributed by atoms with Gasteiger partial charge in [-0.3, -0.25) is 4.79 Å². The fourth-order valence-corrected chi connectivity index (χ4v) is 1.83. The van der Waals surface area contributed by atoms with E-state index in [1.807, 2.05) is 39.0 Å². The molecule has 1 aliphatic heterocycles. The van der Waals surface area contributed by atoms with Crippen LogP contribution >= 0.6 is 0 Å². The van der Waals surface area contributed by atoms with E-state index in [1.54, 1.807) is 0 Å². The number of hydrogen-bond donors (Lipinski definition) is 1. The molecule has 0 bridgehead atoms. The van der Waals surface area contributed by atoms with Gasteiger partial charge in [-0.05, 0) is 32.9 Å². The highest BCUT2D eigenvalue weighted by Crippen LogP contribution is 2.32. The van der Waals surface area contributed by atoms with Gasteiger partial charge in [-0.15, -0.1) is 0 Å². The third-order valence-corrected chi connectivity index (χ3v) is 2.60. The Morgan fingerprint density at radius 2 is 1.95 bits per heavy atom. The van der Waals surface area contributed by atoms with Crippen LogP contribution in [0.25, 0.3) is 0 Å². The van der Waals surface area contributed by atoms with E-state index < -0.39 is 5.60 Å². The van der Waals surface area contributed by atoms with Crippen LogP contribution in [0.2, 0.25) is 0 Å². The average Bonchev–Trinajstić information content (AvgIpc) is 2.58. The third-order valence-electron chi connectivity index (χ3n) is 2.60. The third kappa shape index (κ3) is 4.33. The summed E-state index contributed by atoms with van der Waals surface area (Å²) in [6.07, 6.45) is 0.870. The zero-order chi connectivity index (χ0) is 14.6. The molecule has 110 valence electrons. The topological polar surface area (TPSA) is 56.8 Å². The Hall–Kier alpha value is -1.91. The Kier molecular flexibility index (Phi) is 4.37. The van der Waals surface area contributed by atoms with Crippen LogP contribution in [0.4, 0.5) is 5.69 Å². The summed E-state index contributed by atoms with van der Waals surface area (Å²) in [7, 11) is 0. The van der Waals surface area contributed by atoms with E-state index in [0.29, 0.717) is 19.0 Å². The molecule has 0 aromatic heterocycles. The van der Waals surface area contributed by atoms with Gasteiger partial charge in [-0.1, -0.05) is 0 Å². The second-order valence-corrected chi connectivity index (χ2v) is 5.65. The Morgan fingerprint density at radius 3 is 2.65 bits per heavy atom. The van der Waals surface area contributed by atoms with E-state index in [2.05, 4.69) is 5.32 Å². The number of carbonyl (C=O) groups excluding carboxylic acids is 1. The van der Waals surface area contributed by atoms with Gasteiger partial charge in [0.05, 0.1) is 13.2 Å². The lowest BCUT2D eigenvalue weighted by Gasteiger charge is -2.19. The Morgan fingerprint density at radius 1 is 1.25 bits per heavy atom. The van der Waals surface area contributed by atoms with Crippen molar-refractivity contribution in [2.75, 3.05) is 25.1 Å².